The van der Waals surface area contributed by atoms with E-state index in [2.05, 4.69) is 9.97 Å². The molecule has 1 saturated carbocycles. The molecule has 2 aromatic rings. The predicted octanol–water partition coefficient (Wildman–Crippen LogP) is 3.82. The highest BCUT2D eigenvalue weighted by Gasteiger charge is 2.34. The van der Waals surface area contributed by atoms with Gasteiger partial charge in [0, 0.05) is 5.56 Å². The van der Waals surface area contributed by atoms with E-state index in [1.807, 2.05) is 0 Å². The van der Waals surface area contributed by atoms with Gasteiger partial charge in [-0.15, -0.1) is 0 Å². The summed E-state index contributed by atoms with van der Waals surface area (Å²) in [5, 5.41) is 0. The van der Waals surface area contributed by atoms with Crippen LogP contribution in [0.2, 0.25) is 0 Å². The Balaban J connectivity index is 1.93. The van der Waals surface area contributed by atoms with Crippen molar-refractivity contribution in [1.82, 2.24) is 9.97 Å². The number of hydrogen-bond acceptors (Lipinski definition) is 2. The summed E-state index contributed by atoms with van der Waals surface area (Å²) in [6, 6.07) is 5.20. The van der Waals surface area contributed by atoms with Crippen LogP contribution in [0, 0.1) is 0 Å². The first-order valence-electron chi connectivity index (χ1n) is 6.90. The molecule has 0 aliphatic heterocycles. The molecule has 3 nitrogen and oxygen atoms in total. The molecule has 1 aromatic carbocycles. The van der Waals surface area contributed by atoms with Crippen molar-refractivity contribution in [1.29, 1.82) is 0 Å². The topological polar surface area (TPSA) is 54.7 Å². The third-order valence-electron chi connectivity index (χ3n) is 4.04. The monoisotopic (exact) mass is 295 g/mol. The van der Waals surface area contributed by atoms with Crippen LogP contribution in [0.1, 0.15) is 37.1 Å². The molecule has 0 radical (unpaired) electrons. The van der Waals surface area contributed by atoms with Gasteiger partial charge in [-0.1, -0.05) is 25.0 Å². The van der Waals surface area contributed by atoms with Crippen molar-refractivity contribution in [2.24, 2.45) is 5.73 Å². The van der Waals surface area contributed by atoms with Crippen molar-refractivity contribution in [3.63, 3.8) is 0 Å². The summed E-state index contributed by atoms with van der Waals surface area (Å²) in [7, 11) is 0. The van der Waals surface area contributed by atoms with Gasteiger partial charge in [-0.05, 0) is 25.0 Å². The summed E-state index contributed by atoms with van der Waals surface area (Å²) >= 11 is 0. The lowest BCUT2D eigenvalue weighted by Gasteiger charge is -2.20. The fourth-order valence-corrected chi connectivity index (χ4v) is 2.83. The van der Waals surface area contributed by atoms with Gasteiger partial charge in [0.05, 0.1) is 23.0 Å². The Hall–Kier alpha value is -1.82. The van der Waals surface area contributed by atoms with E-state index >= 15 is 0 Å². The zero-order chi connectivity index (χ0) is 15.1. The third-order valence-corrected chi connectivity index (χ3v) is 4.04. The van der Waals surface area contributed by atoms with Gasteiger partial charge < -0.3 is 10.7 Å². The Bertz CT molecular complexity index is 640. The first kappa shape index (κ1) is 14.1. The van der Waals surface area contributed by atoms with E-state index < -0.39 is 17.3 Å². The van der Waals surface area contributed by atoms with E-state index in [1.54, 1.807) is 12.3 Å². The number of H-pyrrole nitrogens is 1. The first-order chi connectivity index (χ1) is 9.88. The quantitative estimate of drug-likeness (QED) is 0.885. The molecule has 0 spiro atoms. The zero-order valence-corrected chi connectivity index (χ0v) is 11.4. The van der Waals surface area contributed by atoms with Gasteiger partial charge in [-0.25, -0.2) is 4.98 Å². The number of alkyl halides is 3. The number of nitrogens with two attached hydrogens (primary N) is 1. The molecule has 0 atom stereocenters. The van der Waals surface area contributed by atoms with Crippen LogP contribution >= 0.6 is 0 Å². The second kappa shape index (κ2) is 4.87. The number of hydrogen-bond donors (Lipinski definition) is 2. The van der Waals surface area contributed by atoms with Gasteiger partial charge in [-0.3, -0.25) is 0 Å². The number of aromatic nitrogens is 2. The zero-order valence-electron chi connectivity index (χ0n) is 11.4. The molecule has 1 heterocycles. The van der Waals surface area contributed by atoms with E-state index in [4.69, 9.17) is 5.73 Å². The number of halogens is 3. The van der Waals surface area contributed by atoms with Crippen LogP contribution < -0.4 is 5.73 Å². The van der Waals surface area contributed by atoms with Crippen LogP contribution in [-0.4, -0.2) is 9.97 Å². The van der Waals surface area contributed by atoms with Gasteiger partial charge in [0.2, 0.25) is 0 Å². The Morgan fingerprint density at radius 2 is 1.90 bits per heavy atom. The Morgan fingerprint density at radius 3 is 2.57 bits per heavy atom. The van der Waals surface area contributed by atoms with E-state index in [0.29, 0.717) is 17.1 Å². The maximum atomic E-state index is 12.7. The van der Waals surface area contributed by atoms with Crippen LogP contribution in [0.4, 0.5) is 13.2 Å². The van der Waals surface area contributed by atoms with Gasteiger partial charge in [0.1, 0.15) is 5.82 Å². The average Bonchev–Trinajstić information content (AvgIpc) is 3.07. The minimum Gasteiger partial charge on any atom is -0.340 e. The lowest BCUT2D eigenvalue weighted by atomic mass is 9.98. The lowest BCUT2D eigenvalue weighted by molar-refractivity contribution is -0.137. The maximum Gasteiger partial charge on any atom is 0.416 e. The SMILES string of the molecule is NC1(c2ncc(-c3cccc(C(F)(F)F)c3)[nH]2)CCCC1. The van der Waals surface area contributed by atoms with Crippen molar-refractivity contribution < 1.29 is 13.2 Å². The number of rotatable bonds is 2. The summed E-state index contributed by atoms with van der Waals surface area (Å²) in [5.41, 5.74) is 6.18. The molecule has 1 fully saturated rings. The molecule has 21 heavy (non-hydrogen) atoms. The van der Waals surface area contributed by atoms with Crippen LogP contribution in [0.5, 0.6) is 0 Å². The highest BCUT2D eigenvalue weighted by molar-refractivity contribution is 5.60. The molecule has 1 aromatic heterocycles. The van der Waals surface area contributed by atoms with Gasteiger partial charge in [0.15, 0.2) is 0 Å². The second-order valence-corrected chi connectivity index (χ2v) is 5.59. The average molecular weight is 295 g/mol. The van der Waals surface area contributed by atoms with Crippen molar-refractivity contribution in [2.75, 3.05) is 0 Å². The smallest absolute Gasteiger partial charge is 0.340 e. The predicted molar refractivity (Wildman–Crippen MR) is 73.4 cm³/mol. The summed E-state index contributed by atoms with van der Waals surface area (Å²) in [6.07, 6.45) is 1.01. The van der Waals surface area contributed by atoms with Crippen molar-refractivity contribution in [2.45, 2.75) is 37.4 Å². The molecule has 3 N–H and O–H groups in total. The first-order valence-corrected chi connectivity index (χ1v) is 6.90. The van der Waals surface area contributed by atoms with E-state index in [9.17, 15) is 13.2 Å². The molecular weight excluding hydrogens is 279 g/mol. The number of nitrogens with one attached hydrogen (secondary N) is 1. The molecular formula is C15H16F3N3. The number of benzene rings is 1. The fourth-order valence-electron chi connectivity index (χ4n) is 2.83. The fraction of sp³-hybridized carbons (Fsp3) is 0.400. The molecule has 6 heteroatoms. The van der Waals surface area contributed by atoms with Gasteiger partial charge in [0.25, 0.3) is 0 Å². The molecule has 0 unspecified atom stereocenters. The highest BCUT2D eigenvalue weighted by atomic mass is 19.4. The normalized spacial score (nSPS) is 18.1. The van der Waals surface area contributed by atoms with Crippen LogP contribution in [0.3, 0.4) is 0 Å². The summed E-state index contributed by atoms with van der Waals surface area (Å²) in [6.45, 7) is 0. The van der Waals surface area contributed by atoms with E-state index in [1.165, 1.54) is 6.07 Å². The minimum atomic E-state index is -4.35. The molecule has 0 saturated heterocycles. The molecule has 0 bridgehead atoms. The number of aromatic amines is 1. The maximum absolute atomic E-state index is 12.7. The number of imidazole rings is 1. The van der Waals surface area contributed by atoms with Crippen molar-refractivity contribution in [3.05, 3.63) is 41.9 Å². The van der Waals surface area contributed by atoms with E-state index in [0.717, 1.165) is 37.8 Å². The Kier molecular flexibility index (Phi) is 3.28. The van der Waals surface area contributed by atoms with Crippen LogP contribution in [0.25, 0.3) is 11.3 Å². The van der Waals surface area contributed by atoms with Crippen molar-refractivity contribution >= 4 is 0 Å². The molecule has 1 aliphatic rings. The highest BCUT2D eigenvalue weighted by Crippen LogP contribution is 2.36. The third kappa shape index (κ3) is 2.68. The summed E-state index contributed by atoms with van der Waals surface area (Å²) < 4.78 is 38.2. The Morgan fingerprint density at radius 1 is 1.19 bits per heavy atom. The number of nitrogens with zero attached hydrogens (tertiary/aromatic N) is 1. The summed E-state index contributed by atoms with van der Waals surface area (Å²) in [5.74, 6) is 0.660. The largest absolute Gasteiger partial charge is 0.416 e. The summed E-state index contributed by atoms with van der Waals surface area (Å²) in [4.78, 5) is 7.36. The van der Waals surface area contributed by atoms with Gasteiger partial charge >= 0.3 is 6.18 Å². The molecule has 112 valence electrons. The molecule has 0 amide bonds. The second-order valence-electron chi connectivity index (χ2n) is 5.59. The minimum absolute atomic E-state index is 0.463. The standard InChI is InChI=1S/C15H16F3N3/c16-15(17,18)11-5-3-4-10(8-11)12-9-20-13(21-12)14(19)6-1-2-7-14/h3-5,8-9H,1-2,6-7,19H2,(H,20,21). The Labute approximate surface area is 120 Å². The van der Waals surface area contributed by atoms with E-state index in [-0.39, 0.29) is 0 Å². The lowest BCUT2D eigenvalue weighted by Crippen LogP contribution is -2.34. The van der Waals surface area contributed by atoms with Crippen LogP contribution in [0.15, 0.2) is 30.5 Å². The molecule has 3 rings (SSSR count). The van der Waals surface area contributed by atoms with Crippen LogP contribution in [-0.2, 0) is 11.7 Å². The molecule has 1 aliphatic carbocycles. The van der Waals surface area contributed by atoms with Gasteiger partial charge in [-0.2, -0.15) is 13.2 Å². The van der Waals surface area contributed by atoms with Crippen molar-refractivity contribution in [3.8, 4) is 11.3 Å².